The van der Waals surface area contributed by atoms with E-state index >= 15 is 0 Å². The SMILES string of the molecule is CC1(NC(=O)c2ccc(F)cc2)CCCCC1C(=O)O. The quantitative estimate of drug-likeness (QED) is 0.893. The minimum Gasteiger partial charge on any atom is -0.481 e. The molecule has 5 heteroatoms. The lowest BCUT2D eigenvalue weighted by molar-refractivity contribution is -0.145. The summed E-state index contributed by atoms with van der Waals surface area (Å²) >= 11 is 0. The second-order valence-corrected chi connectivity index (χ2v) is 5.52. The number of rotatable bonds is 3. The second-order valence-electron chi connectivity index (χ2n) is 5.52. The molecule has 1 aromatic carbocycles. The van der Waals surface area contributed by atoms with E-state index in [1.807, 2.05) is 0 Å². The molecular weight excluding hydrogens is 261 g/mol. The van der Waals surface area contributed by atoms with E-state index in [0.717, 1.165) is 12.8 Å². The van der Waals surface area contributed by atoms with Gasteiger partial charge in [0.2, 0.25) is 0 Å². The first-order valence-corrected chi connectivity index (χ1v) is 6.73. The Balaban J connectivity index is 2.15. The smallest absolute Gasteiger partial charge is 0.308 e. The van der Waals surface area contributed by atoms with Gasteiger partial charge in [0.25, 0.3) is 5.91 Å². The van der Waals surface area contributed by atoms with Crippen molar-refractivity contribution >= 4 is 11.9 Å². The highest BCUT2D eigenvalue weighted by atomic mass is 19.1. The van der Waals surface area contributed by atoms with Crippen LogP contribution in [-0.2, 0) is 4.79 Å². The lowest BCUT2D eigenvalue weighted by Crippen LogP contribution is -2.55. The van der Waals surface area contributed by atoms with Crippen molar-refractivity contribution in [3.63, 3.8) is 0 Å². The predicted octanol–water partition coefficient (Wildman–Crippen LogP) is 2.59. The van der Waals surface area contributed by atoms with Gasteiger partial charge >= 0.3 is 5.97 Å². The van der Waals surface area contributed by atoms with Crippen molar-refractivity contribution in [1.29, 1.82) is 0 Å². The lowest BCUT2D eigenvalue weighted by Gasteiger charge is -2.39. The molecule has 2 unspecified atom stereocenters. The van der Waals surface area contributed by atoms with Crippen molar-refractivity contribution in [2.45, 2.75) is 38.1 Å². The lowest BCUT2D eigenvalue weighted by atomic mass is 9.73. The van der Waals surface area contributed by atoms with Gasteiger partial charge in [0.15, 0.2) is 0 Å². The fourth-order valence-corrected chi connectivity index (χ4v) is 2.81. The molecule has 0 radical (unpaired) electrons. The number of halogens is 1. The number of amides is 1. The van der Waals surface area contributed by atoms with Crippen LogP contribution in [-0.4, -0.2) is 22.5 Å². The summed E-state index contributed by atoms with van der Waals surface area (Å²) in [6, 6.07) is 5.22. The summed E-state index contributed by atoms with van der Waals surface area (Å²) in [4.78, 5) is 23.5. The molecule has 1 saturated carbocycles. The molecule has 1 aromatic rings. The number of hydrogen-bond donors (Lipinski definition) is 2. The van der Waals surface area contributed by atoms with E-state index in [1.165, 1.54) is 24.3 Å². The van der Waals surface area contributed by atoms with Crippen molar-refractivity contribution in [2.24, 2.45) is 5.92 Å². The number of nitrogens with one attached hydrogen (secondary N) is 1. The molecule has 1 aliphatic carbocycles. The van der Waals surface area contributed by atoms with Crippen LogP contribution in [0.3, 0.4) is 0 Å². The van der Waals surface area contributed by atoms with E-state index in [2.05, 4.69) is 5.32 Å². The Kier molecular flexibility index (Phi) is 4.06. The average molecular weight is 279 g/mol. The maximum Gasteiger partial charge on any atom is 0.308 e. The Morgan fingerprint density at radius 2 is 1.95 bits per heavy atom. The van der Waals surface area contributed by atoms with Crippen LogP contribution in [0.4, 0.5) is 4.39 Å². The largest absolute Gasteiger partial charge is 0.481 e. The molecule has 1 aliphatic rings. The number of hydrogen-bond acceptors (Lipinski definition) is 2. The Morgan fingerprint density at radius 3 is 2.55 bits per heavy atom. The van der Waals surface area contributed by atoms with Crippen LogP contribution in [0.25, 0.3) is 0 Å². The van der Waals surface area contributed by atoms with Crippen molar-refractivity contribution < 1.29 is 19.1 Å². The third-order valence-corrected chi connectivity index (χ3v) is 4.01. The van der Waals surface area contributed by atoms with Crippen LogP contribution < -0.4 is 5.32 Å². The summed E-state index contributed by atoms with van der Waals surface area (Å²) in [5, 5.41) is 12.1. The van der Waals surface area contributed by atoms with Gasteiger partial charge in [-0.3, -0.25) is 9.59 Å². The highest BCUT2D eigenvalue weighted by Gasteiger charge is 2.42. The van der Waals surface area contributed by atoms with Crippen molar-refractivity contribution in [3.05, 3.63) is 35.6 Å². The Hall–Kier alpha value is -1.91. The van der Waals surface area contributed by atoms with Crippen LogP contribution >= 0.6 is 0 Å². The van der Waals surface area contributed by atoms with Gasteiger partial charge in [0.05, 0.1) is 11.5 Å². The van der Waals surface area contributed by atoms with E-state index in [9.17, 15) is 19.1 Å². The fourth-order valence-electron chi connectivity index (χ4n) is 2.81. The number of carbonyl (C=O) groups is 2. The molecule has 2 rings (SSSR count). The first-order valence-electron chi connectivity index (χ1n) is 6.73. The highest BCUT2D eigenvalue weighted by Crippen LogP contribution is 2.34. The van der Waals surface area contributed by atoms with E-state index in [0.29, 0.717) is 18.4 Å². The van der Waals surface area contributed by atoms with Gasteiger partial charge < -0.3 is 10.4 Å². The maximum atomic E-state index is 12.8. The number of carboxylic acids is 1. The van der Waals surface area contributed by atoms with Crippen LogP contribution in [0.15, 0.2) is 24.3 Å². The highest BCUT2D eigenvalue weighted by molar-refractivity contribution is 5.95. The molecule has 1 fully saturated rings. The minimum absolute atomic E-state index is 0.335. The molecule has 0 aliphatic heterocycles. The monoisotopic (exact) mass is 279 g/mol. The summed E-state index contributed by atoms with van der Waals surface area (Å²) in [5.41, 5.74) is -0.419. The molecule has 0 saturated heterocycles. The van der Waals surface area contributed by atoms with Gasteiger partial charge in [-0.25, -0.2) is 4.39 Å². The topological polar surface area (TPSA) is 66.4 Å². The van der Waals surface area contributed by atoms with Crippen molar-refractivity contribution in [3.8, 4) is 0 Å². The average Bonchev–Trinajstić information content (AvgIpc) is 2.39. The second kappa shape index (κ2) is 5.61. The zero-order valence-corrected chi connectivity index (χ0v) is 11.4. The molecule has 1 amide bonds. The van der Waals surface area contributed by atoms with E-state index in [-0.39, 0.29) is 5.91 Å². The Morgan fingerprint density at radius 1 is 1.30 bits per heavy atom. The van der Waals surface area contributed by atoms with Gasteiger partial charge in [-0.15, -0.1) is 0 Å². The maximum absolute atomic E-state index is 12.8. The minimum atomic E-state index is -0.883. The van der Waals surface area contributed by atoms with Gasteiger partial charge in [-0.05, 0) is 44.0 Å². The summed E-state index contributed by atoms with van der Waals surface area (Å²) in [6.45, 7) is 1.77. The fraction of sp³-hybridized carbons (Fsp3) is 0.467. The molecule has 0 aromatic heterocycles. The molecule has 0 bridgehead atoms. The zero-order valence-electron chi connectivity index (χ0n) is 11.4. The summed E-state index contributed by atoms with van der Waals surface area (Å²) in [6.07, 6.45) is 2.95. The summed E-state index contributed by atoms with van der Waals surface area (Å²) < 4.78 is 12.8. The zero-order chi connectivity index (χ0) is 14.8. The molecule has 2 atom stereocenters. The van der Waals surface area contributed by atoms with Crippen LogP contribution in [0.5, 0.6) is 0 Å². The molecular formula is C15H18FNO3. The Labute approximate surface area is 117 Å². The Bertz CT molecular complexity index is 514. The number of carboxylic acid groups (broad SMARTS) is 1. The third-order valence-electron chi connectivity index (χ3n) is 4.01. The number of aliphatic carboxylic acids is 1. The first-order chi connectivity index (χ1) is 9.42. The third kappa shape index (κ3) is 2.98. The standard InChI is InChI=1S/C15H18FNO3/c1-15(9-3-2-4-12(15)14(19)20)17-13(18)10-5-7-11(16)8-6-10/h5-8,12H,2-4,9H2,1H3,(H,17,18)(H,19,20). The molecule has 0 spiro atoms. The van der Waals surface area contributed by atoms with Crippen LogP contribution in [0, 0.1) is 11.7 Å². The molecule has 20 heavy (non-hydrogen) atoms. The number of carbonyl (C=O) groups excluding carboxylic acids is 1. The van der Waals surface area contributed by atoms with Gasteiger partial charge in [0.1, 0.15) is 5.82 Å². The van der Waals surface area contributed by atoms with E-state index in [1.54, 1.807) is 6.92 Å². The van der Waals surface area contributed by atoms with Crippen molar-refractivity contribution in [1.82, 2.24) is 5.32 Å². The van der Waals surface area contributed by atoms with Gasteiger partial charge in [0, 0.05) is 5.56 Å². The molecule has 4 nitrogen and oxygen atoms in total. The summed E-state index contributed by atoms with van der Waals surface area (Å²) in [5.74, 6) is -2.23. The molecule has 0 heterocycles. The van der Waals surface area contributed by atoms with Crippen LogP contribution in [0.1, 0.15) is 43.0 Å². The van der Waals surface area contributed by atoms with Gasteiger partial charge in [-0.2, -0.15) is 0 Å². The predicted molar refractivity (Wildman–Crippen MR) is 71.9 cm³/mol. The van der Waals surface area contributed by atoms with Crippen molar-refractivity contribution in [2.75, 3.05) is 0 Å². The van der Waals surface area contributed by atoms with Gasteiger partial charge in [-0.1, -0.05) is 12.8 Å². The normalized spacial score (nSPS) is 26.0. The molecule has 108 valence electrons. The first kappa shape index (κ1) is 14.5. The van der Waals surface area contributed by atoms with E-state index < -0.39 is 23.2 Å². The van der Waals surface area contributed by atoms with Crippen LogP contribution in [0.2, 0.25) is 0 Å². The molecule has 2 N–H and O–H groups in total. The summed E-state index contributed by atoms with van der Waals surface area (Å²) in [7, 11) is 0. The van der Waals surface area contributed by atoms with E-state index in [4.69, 9.17) is 0 Å². The number of benzene rings is 1.